The molecular weight excluding hydrogens is 424 g/mol. The van der Waals surface area contributed by atoms with Crippen LogP contribution < -0.4 is 15.0 Å². The van der Waals surface area contributed by atoms with Crippen LogP contribution in [0.1, 0.15) is 23.4 Å². The molecule has 0 saturated heterocycles. The fourth-order valence-corrected chi connectivity index (χ4v) is 3.92. The highest BCUT2D eigenvalue weighted by Crippen LogP contribution is 2.35. The van der Waals surface area contributed by atoms with Gasteiger partial charge in [-0.15, -0.1) is 5.10 Å². The van der Waals surface area contributed by atoms with Gasteiger partial charge >= 0.3 is 0 Å². The highest BCUT2D eigenvalue weighted by molar-refractivity contribution is 5.83. The van der Waals surface area contributed by atoms with Gasteiger partial charge in [-0.3, -0.25) is 9.69 Å². The standard InChI is InChI=1S/C23H24N6O4/c30-8-4-7-28(14-22-25-26-27-29(22)12-16-5-2-1-3-6-16)13-18-9-17-10-20-21(33-15-32-20)11-19(17)24-23(18)31/h1-3,5-6,9-11,30H,4,7-8,12-15H2,(H,24,31). The molecule has 0 bridgehead atoms. The first-order valence-corrected chi connectivity index (χ1v) is 10.8. The maximum absolute atomic E-state index is 12.8. The number of ether oxygens (including phenoxy) is 2. The third-order valence-electron chi connectivity index (χ3n) is 5.59. The molecule has 33 heavy (non-hydrogen) atoms. The molecule has 4 aromatic rings. The minimum Gasteiger partial charge on any atom is -0.454 e. The molecule has 0 aliphatic carbocycles. The van der Waals surface area contributed by atoms with Gasteiger partial charge in [0.05, 0.1) is 18.6 Å². The number of hydrogen-bond donors (Lipinski definition) is 2. The number of fused-ring (bicyclic) bond motifs is 2. The van der Waals surface area contributed by atoms with Crippen molar-refractivity contribution in [1.29, 1.82) is 0 Å². The van der Waals surface area contributed by atoms with Gasteiger partial charge < -0.3 is 19.6 Å². The predicted octanol–water partition coefficient (Wildman–Crippen LogP) is 1.68. The van der Waals surface area contributed by atoms with Crippen LogP contribution >= 0.6 is 0 Å². The summed E-state index contributed by atoms with van der Waals surface area (Å²) in [4.78, 5) is 17.8. The smallest absolute Gasteiger partial charge is 0.252 e. The Hall–Kier alpha value is -3.76. The zero-order chi connectivity index (χ0) is 22.6. The lowest BCUT2D eigenvalue weighted by Gasteiger charge is -2.21. The molecule has 2 aromatic heterocycles. The molecule has 0 amide bonds. The summed E-state index contributed by atoms with van der Waals surface area (Å²) in [5.41, 5.74) is 2.24. The number of tetrazole rings is 1. The summed E-state index contributed by atoms with van der Waals surface area (Å²) in [6.45, 7) is 2.21. The second-order valence-corrected chi connectivity index (χ2v) is 7.94. The Morgan fingerprint density at radius 2 is 1.91 bits per heavy atom. The van der Waals surface area contributed by atoms with Crippen LogP contribution in [0.2, 0.25) is 0 Å². The van der Waals surface area contributed by atoms with Crippen molar-refractivity contribution in [2.75, 3.05) is 19.9 Å². The van der Waals surface area contributed by atoms with Gasteiger partial charge in [0.2, 0.25) is 6.79 Å². The highest BCUT2D eigenvalue weighted by Gasteiger charge is 2.18. The van der Waals surface area contributed by atoms with Crippen LogP contribution in [-0.2, 0) is 19.6 Å². The number of aliphatic hydroxyl groups excluding tert-OH is 1. The maximum atomic E-state index is 12.8. The van der Waals surface area contributed by atoms with E-state index in [1.165, 1.54) is 0 Å². The summed E-state index contributed by atoms with van der Waals surface area (Å²) in [6, 6.07) is 15.5. The van der Waals surface area contributed by atoms with Crippen molar-refractivity contribution < 1.29 is 14.6 Å². The van der Waals surface area contributed by atoms with E-state index in [4.69, 9.17) is 9.47 Å². The summed E-state index contributed by atoms with van der Waals surface area (Å²) in [5, 5.41) is 22.4. The summed E-state index contributed by atoms with van der Waals surface area (Å²) < 4.78 is 12.6. The van der Waals surface area contributed by atoms with Crippen molar-refractivity contribution >= 4 is 10.9 Å². The van der Waals surface area contributed by atoms with Gasteiger partial charge in [0, 0.05) is 36.7 Å². The average molecular weight is 448 g/mol. The number of nitrogens with zero attached hydrogens (tertiary/aromatic N) is 5. The molecule has 1 aliphatic heterocycles. The third-order valence-corrected chi connectivity index (χ3v) is 5.59. The Labute approximate surface area is 189 Å². The highest BCUT2D eigenvalue weighted by atomic mass is 16.7. The largest absolute Gasteiger partial charge is 0.454 e. The van der Waals surface area contributed by atoms with E-state index >= 15 is 0 Å². The zero-order valence-electron chi connectivity index (χ0n) is 18.0. The molecule has 0 spiro atoms. The average Bonchev–Trinajstić information content (AvgIpc) is 3.46. The van der Waals surface area contributed by atoms with E-state index in [9.17, 15) is 9.90 Å². The number of nitrogens with one attached hydrogen (secondary N) is 1. The van der Waals surface area contributed by atoms with E-state index in [1.54, 1.807) is 10.7 Å². The van der Waals surface area contributed by atoms with E-state index in [0.29, 0.717) is 61.0 Å². The van der Waals surface area contributed by atoms with Crippen molar-refractivity contribution in [2.24, 2.45) is 0 Å². The molecule has 0 atom stereocenters. The first kappa shape index (κ1) is 21.1. The van der Waals surface area contributed by atoms with Gasteiger partial charge in [-0.1, -0.05) is 30.3 Å². The van der Waals surface area contributed by atoms with Gasteiger partial charge in [0.1, 0.15) is 0 Å². The summed E-state index contributed by atoms with van der Waals surface area (Å²) in [7, 11) is 0. The van der Waals surface area contributed by atoms with Gasteiger partial charge in [-0.05, 0) is 34.5 Å². The van der Waals surface area contributed by atoms with E-state index in [1.807, 2.05) is 42.5 Å². The number of pyridine rings is 1. The molecule has 2 N–H and O–H groups in total. The van der Waals surface area contributed by atoms with Crippen molar-refractivity contribution in [2.45, 2.75) is 26.1 Å². The number of hydrogen-bond acceptors (Lipinski definition) is 8. The Morgan fingerprint density at radius 1 is 1.09 bits per heavy atom. The van der Waals surface area contributed by atoms with Crippen LogP contribution in [0.5, 0.6) is 11.5 Å². The van der Waals surface area contributed by atoms with Crippen LogP contribution in [0.3, 0.4) is 0 Å². The first-order chi connectivity index (χ1) is 16.2. The van der Waals surface area contributed by atoms with Gasteiger partial charge in [0.25, 0.3) is 5.56 Å². The van der Waals surface area contributed by atoms with E-state index in [2.05, 4.69) is 25.4 Å². The second kappa shape index (κ2) is 9.39. The van der Waals surface area contributed by atoms with Crippen LogP contribution in [0, 0.1) is 0 Å². The molecule has 1 aliphatic rings. The molecule has 3 heterocycles. The number of rotatable bonds is 9. The fraction of sp³-hybridized carbons (Fsp3) is 0.304. The number of H-pyrrole nitrogens is 1. The van der Waals surface area contributed by atoms with Crippen molar-refractivity contribution in [3.8, 4) is 11.5 Å². The zero-order valence-corrected chi connectivity index (χ0v) is 18.0. The predicted molar refractivity (Wildman–Crippen MR) is 120 cm³/mol. The molecule has 5 rings (SSSR count). The fourth-order valence-electron chi connectivity index (χ4n) is 3.92. The molecule has 0 saturated carbocycles. The minimum atomic E-state index is -0.167. The Balaban J connectivity index is 1.38. The topological polar surface area (TPSA) is 118 Å². The van der Waals surface area contributed by atoms with Crippen LogP contribution in [0.15, 0.2) is 53.3 Å². The molecule has 170 valence electrons. The molecule has 0 fully saturated rings. The quantitative estimate of drug-likeness (QED) is 0.397. The summed E-state index contributed by atoms with van der Waals surface area (Å²) in [5.74, 6) is 1.98. The molecule has 0 radical (unpaired) electrons. The normalized spacial score (nSPS) is 12.7. The van der Waals surface area contributed by atoms with Gasteiger partial charge in [0.15, 0.2) is 17.3 Å². The molecule has 10 heteroatoms. The molecule has 0 unspecified atom stereocenters. The Morgan fingerprint density at radius 3 is 2.73 bits per heavy atom. The maximum Gasteiger partial charge on any atom is 0.252 e. The number of aromatic amines is 1. The van der Waals surface area contributed by atoms with Crippen LogP contribution in [0.25, 0.3) is 10.9 Å². The first-order valence-electron chi connectivity index (χ1n) is 10.8. The van der Waals surface area contributed by atoms with Gasteiger partial charge in [-0.25, -0.2) is 4.68 Å². The number of aliphatic hydroxyl groups is 1. The SMILES string of the molecule is O=c1[nH]c2cc3c(cc2cc1CN(CCCO)Cc1nnnn1Cc1ccccc1)OCO3. The second-order valence-electron chi connectivity index (χ2n) is 7.94. The van der Waals surface area contributed by atoms with E-state index in [-0.39, 0.29) is 19.0 Å². The molecular formula is C23H24N6O4. The van der Waals surface area contributed by atoms with E-state index < -0.39 is 0 Å². The lowest BCUT2D eigenvalue weighted by atomic mass is 10.1. The Kier molecular flexibility index (Phi) is 6.01. The van der Waals surface area contributed by atoms with Crippen molar-refractivity contribution in [1.82, 2.24) is 30.1 Å². The number of aromatic nitrogens is 5. The molecule has 10 nitrogen and oxygen atoms in total. The van der Waals surface area contributed by atoms with Crippen molar-refractivity contribution in [3.05, 3.63) is 75.8 Å². The van der Waals surface area contributed by atoms with Crippen molar-refractivity contribution in [3.63, 3.8) is 0 Å². The van der Waals surface area contributed by atoms with Gasteiger partial charge in [-0.2, -0.15) is 0 Å². The van der Waals surface area contributed by atoms with Crippen LogP contribution in [-0.4, -0.2) is 55.1 Å². The number of benzene rings is 2. The summed E-state index contributed by atoms with van der Waals surface area (Å²) in [6.07, 6.45) is 0.574. The molecule has 2 aromatic carbocycles. The lowest BCUT2D eigenvalue weighted by Crippen LogP contribution is -2.29. The third kappa shape index (κ3) is 4.71. The minimum absolute atomic E-state index is 0.0585. The summed E-state index contributed by atoms with van der Waals surface area (Å²) >= 11 is 0. The monoisotopic (exact) mass is 448 g/mol. The van der Waals surface area contributed by atoms with E-state index in [0.717, 1.165) is 10.9 Å². The van der Waals surface area contributed by atoms with Crippen LogP contribution in [0.4, 0.5) is 0 Å². The Bertz CT molecular complexity index is 1300. The lowest BCUT2D eigenvalue weighted by molar-refractivity contribution is 0.174.